The van der Waals surface area contributed by atoms with Crippen molar-refractivity contribution in [2.75, 3.05) is 31.9 Å². The Morgan fingerprint density at radius 3 is 2.64 bits per heavy atom. The lowest BCUT2D eigenvalue weighted by Gasteiger charge is -2.36. The molecule has 0 aromatic carbocycles. The number of piperidine rings is 1. The molecule has 2 atom stereocenters. The summed E-state index contributed by atoms with van der Waals surface area (Å²) < 4.78 is 26.3. The topological polar surface area (TPSA) is 83.7 Å². The van der Waals surface area contributed by atoms with Crippen LogP contribution in [-0.2, 0) is 14.8 Å². The highest BCUT2D eigenvalue weighted by atomic mass is 32.2. The molecule has 2 heterocycles. The number of likely N-dealkylation sites (tertiary alicyclic amines) is 1. The molecule has 2 saturated heterocycles. The number of nitrogens with two attached hydrogens (primary N) is 1. The van der Waals surface area contributed by atoms with Crippen LogP contribution in [0.5, 0.6) is 0 Å². The molecule has 2 rings (SSSR count). The Morgan fingerprint density at radius 1 is 1.32 bits per heavy atom. The van der Waals surface area contributed by atoms with E-state index in [0.717, 1.165) is 19.3 Å². The predicted octanol–water partition coefficient (Wildman–Crippen LogP) is 0.778. The number of carbonyl (C=O) groups excluding carboxylic acids is 1. The molecule has 2 aliphatic rings. The maximum Gasteiger partial charge on any atom is 0.241 e. The van der Waals surface area contributed by atoms with E-state index in [1.165, 1.54) is 4.31 Å². The van der Waals surface area contributed by atoms with Crippen molar-refractivity contribution in [1.82, 2.24) is 9.21 Å². The molecule has 0 aliphatic carbocycles. The Labute approximate surface area is 134 Å². The van der Waals surface area contributed by atoms with Crippen molar-refractivity contribution in [2.45, 2.75) is 52.0 Å². The lowest BCUT2D eigenvalue weighted by molar-refractivity contribution is -0.135. The SMILES string of the molecule is CCCS(=O)(=O)N1CCCCC1C(=O)N1CCC(C)(CN)C1. The number of hydrogen-bond donors (Lipinski definition) is 1. The molecular formula is C15H29N3O3S. The predicted molar refractivity (Wildman–Crippen MR) is 86.8 cm³/mol. The summed E-state index contributed by atoms with van der Waals surface area (Å²) in [5.74, 6) is 0.0913. The van der Waals surface area contributed by atoms with Gasteiger partial charge in [0.2, 0.25) is 15.9 Å². The molecule has 0 spiro atoms. The first-order chi connectivity index (χ1) is 10.3. The highest BCUT2D eigenvalue weighted by Gasteiger charge is 2.42. The number of rotatable bonds is 5. The van der Waals surface area contributed by atoms with Crippen molar-refractivity contribution >= 4 is 15.9 Å². The molecule has 6 nitrogen and oxygen atoms in total. The quantitative estimate of drug-likeness (QED) is 0.807. The number of hydrogen-bond acceptors (Lipinski definition) is 4. The molecule has 7 heteroatoms. The van der Waals surface area contributed by atoms with Gasteiger partial charge in [-0.25, -0.2) is 8.42 Å². The standard InChI is InChI=1S/C15H29N3O3S/c1-3-10-22(20,21)18-8-5-4-6-13(18)14(19)17-9-7-15(2,11-16)12-17/h13H,3-12,16H2,1-2H3. The Kier molecular flexibility index (Phi) is 5.50. The van der Waals surface area contributed by atoms with Gasteiger partial charge in [-0.15, -0.1) is 0 Å². The van der Waals surface area contributed by atoms with Gasteiger partial charge in [-0.3, -0.25) is 4.79 Å². The number of nitrogens with zero attached hydrogens (tertiary/aromatic N) is 2. The van der Waals surface area contributed by atoms with E-state index in [9.17, 15) is 13.2 Å². The highest BCUT2D eigenvalue weighted by molar-refractivity contribution is 7.89. The minimum atomic E-state index is -3.33. The van der Waals surface area contributed by atoms with Gasteiger partial charge in [0.1, 0.15) is 6.04 Å². The van der Waals surface area contributed by atoms with Crippen LogP contribution in [0.15, 0.2) is 0 Å². The summed E-state index contributed by atoms with van der Waals surface area (Å²) in [6.07, 6.45) is 3.86. The van der Waals surface area contributed by atoms with Gasteiger partial charge < -0.3 is 10.6 Å². The zero-order valence-electron chi connectivity index (χ0n) is 13.8. The third-order valence-corrected chi connectivity index (χ3v) is 7.00. The Bertz CT molecular complexity index is 508. The lowest BCUT2D eigenvalue weighted by atomic mass is 9.90. The summed E-state index contributed by atoms with van der Waals surface area (Å²) >= 11 is 0. The molecule has 128 valence electrons. The van der Waals surface area contributed by atoms with Crippen molar-refractivity contribution in [1.29, 1.82) is 0 Å². The molecular weight excluding hydrogens is 302 g/mol. The van der Waals surface area contributed by atoms with Crippen LogP contribution >= 0.6 is 0 Å². The molecule has 0 aromatic heterocycles. The molecule has 1 amide bonds. The van der Waals surface area contributed by atoms with Crippen LogP contribution < -0.4 is 5.73 Å². The fraction of sp³-hybridized carbons (Fsp3) is 0.933. The van der Waals surface area contributed by atoms with Crippen molar-refractivity contribution in [2.24, 2.45) is 11.1 Å². The van der Waals surface area contributed by atoms with Crippen molar-refractivity contribution in [3.05, 3.63) is 0 Å². The van der Waals surface area contributed by atoms with E-state index in [2.05, 4.69) is 6.92 Å². The molecule has 22 heavy (non-hydrogen) atoms. The smallest absolute Gasteiger partial charge is 0.241 e. The van der Waals surface area contributed by atoms with E-state index in [4.69, 9.17) is 5.73 Å². The Balaban J connectivity index is 2.13. The van der Waals surface area contributed by atoms with E-state index in [-0.39, 0.29) is 17.1 Å². The molecule has 2 unspecified atom stereocenters. The second-order valence-electron chi connectivity index (χ2n) is 6.96. The molecule has 2 N–H and O–H groups in total. The third kappa shape index (κ3) is 3.63. The number of amides is 1. The van der Waals surface area contributed by atoms with E-state index >= 15 is 0 Å². The first-order valence-electron chi connectivity index (χ1n) is 8.31. The summed E-state index contributed by atoms with van der Waals surface area (Å²) in [7, 11) is -3.33. The normalized spacial score (nSPS) is 30.7. The van der Waals surface area contributed by atoms with Crippen LogP contribution in [0.4, 0.5) is 0 Å². The van der Waals surface area contributed by atoms with Crippen molar-refractivity contribution < 1.29 is 13.2 Å². The lowest BCUT2D eigenvalue weighted by Crippen LogP contribution is -2.53. The van der Waals surface area contributed by atoms with Gasteiger partial charge in [-0.1, -0.05) is 20.3 Å². The van der Waals surface area contributed by atoms with Gasteiger partial charge in [0.05, 0.1) is 5.75 Å². The second kappa shape index (κ2) is 6.84. The van der Waals surface area contributed by atoms with Crippen LogP contribution in [0.25, 0.3) is 0 Å². The first-order valence-corrected chi connectivity index (χ1v) is 9.92. The van der Waals surface area contributed by atoms with Crippen LogP contribution in [0.1, 0.15) is 46.0 Å². The summed E-state index contributed by atoms with van der Waals surface area (Å²) in [4.78, 5) is 14.7. The second-order valence-corrected chi connectivity index (χ2v) is 9.00. The van der Waals surface area contributed by atoms with Crippen LogP contribution in [0.3, 0.4) is 0 Å². The largest absolute Gasteiger partial charge is 0.341 e. The average Bonchev–Trinajstić information content (AvgIpc) is 2.90. The van der Waals surface area contributed by atoms with Crippen LogP contribution in [0.2, 0.25) is 0 Å². The first kappa shape index (κ1) is 17.7. The van der Waals surface area contributed by atoms with E-state index in [1.54, 1.807) is 0 Å². The van der Waals surface area contributed by atoms with Gasteiger partial charge in [-0.2, -0.15) is 4.31 Å². The van der Waals surface area contributed by atoms with Gasteiger partial charge in [0.15, 0.2) is 0 Å². The fourth-order valence-electron chi connectivity index (χ4n) is 3.45. The summed E-state index contributed by atoms with van der Waals surface area (Å²) in [6, 6.07) is -0.509. The van der Waals surface area contributed by atoms with E-state index in [1.807, 2.05) is 11.8 Å². The van der Waals surface area contributed by atoms with Gasteiger partial charge in [0.25, 0.3) is 0 Å². The number of carbonyl (C=O) groups is 1. The van der Waals surface area contributed by atoms with Crippen LogP contribution in [-0.4, -0.2) is 61.5 Å². The molecule has 2 fully saturated rings. The maximum atomic E-state index is 12.8. The molecule has 0 saturated carbocycles. The molecule has 2 aliphatic heterocycles. The third-order valence-electron chi connectivity index (χ3n) is 4.92. The highest BCUT2D eigenvalue weighted by Crippen LogP contribution is 2.31. The van der Waals surface area contributed by atoms with E-state index < -0.39 is 16.1 Å². The van der Waals surface area contributed by atoms with Gasteiger partial charge >= 0.3 is 0 Å². The minimum absolute atomic E-state index is 0.0303. The average molecular weight is 331 g/mol. The van der Waals surface area contributed by atoms with Crippen molar-refractivity contribution in [3.63, 3.8) is 0 Å². The summed E-state index contributed by atoms with van der Waals surface area (Å²) in [6.45, 7) is 6.30. The van der Waals surface area contributed by atoms with Gasteiger partial charge in [0, 0.05) is 19.6 Å². The minimum Gasteiger partial charge on any atom is -0.341 e. The number of sulfonamides is 1. The molecule has 0 aromatic rings. The zero-order chi connectivity index (χ0) is 16.4. The molecule has 0 bridgehead atoms. The fourth-order valence-corrected chi connectivity index (χ4v) is 5.19. The van der Waals surface area contributed by atoms with Crippen molar-refractivity contribution in [3.8, 4) is 0 Å². The monoisotopic (exact) mass is 331 g/mol. The van der Waals surface area contributed by atoms with E-state index in [0.29, 0.717) is 39.0 Å². The molecule has 0 radical (unpaired) electrons. The van der Waals surface area contributed by atoms with Gasteiger partial charge in [-0.05, 0) is 37.6 Å². The Hall–Kier alpha value is -0.660. The summed E-state index contributed by atoms with van der Waals surface area (Å²) in [5, 5.41) is 0. The maximum absolute atomic E-state index is 12.8. The van der Waals surface area contributed by atoms with Crippen LogP contribution in [0, 0.1) is 5.41 Å². The zero-order valence-corrected chi connectivity index (χ0v) is 14.6. The summed E-state index contributed by atoms with van der Waals surface area (Å²) in [5.41, 5.74) is 5.77. The Morgan fingerprint density at radius 2 is 2.05 bits per heavy atom.